The predicted octanol–water partition coefficient (Wildman–Crippen LogP) is 2.42. The van der Waals surface area contributed by atoms with Crippen molar-refractivity contribution in [1.82, 2.24) is 9.97 Å². The van der Waals surface area contributed by atoms with Gasteiger partial charge in [0.15, 0.2) is 5.58 Å². The fraction of sp³-hybridized carbons (Fsp3) is 0.0769. The second kappa shape index (κ2) is 4.37. The number of nitrogens with two attached hydrogens (primary N) is 1. The van der Waals surface area contributed by atoms with Gasteiger partial charge in [-0.25, -0.2) is 0 Å². The molecule has 5 heteroatoms. The maximum Gasteiger partial charge on any atom is 0.296 e. The van der Waals surface area contributed by atoms with Crippen LogP contribution < -0.4 is 11.1 Å². The van der Waals surface area contributed by atoms with Crippen LogP contribution in [0.15, 0.2) is 47.1 Å². The van der Waals surface area contributed by atoms with Crippen molar-refractivity contribution in [3.8, 4) is 0 Å². The summed E-state index contributed by atoms with van der Waals surface area (Å²) >= 11 is 0. The molecule has 2 aromatic heterocycles. The van der Waals surface area contributed by atoms with Crippen LogP contribution in [0.2, 0.25) is 0 Å². The molecule has 90 valence electrons. The molecule has 18 heavy (non-hydrogen) atoms. The summed E-state index contributed by atoms with van der Waals surface area (Å²) in [7, 11) is 0. The van der Waals surface area contributed by atoms with Gasteiger partial charge < -0.3 is 15.5 Å². The molecule has 0 amide bonds. The summed E-state index contributed by atoms with van der Waals surface area (Å²) in [6, 6.07) is 9.83. The zero-order chi connectivity index (χ0) is 12.4. The van der Waals surface area contributed by atoms with Crippen LogP contribution >= 0.6 is 0 Å². The molecule has 0 bridgehead atoms. The highest BCUT2D eigenvalue weighted by molar-refractivity contribution is 5.86. The van der Waals surface area contributed by atoms with Gasteiger partial charge in [0.1, 0.15) is 5.52 Å². The average molecular weight is 240 g/mol. The first kappa shape index (κ1) is 10.6. The number of nitrogens with one attached hydrogen (secondary N) is 1. The molecule has 5 nitrogen and oxygen atoms in total. The molecule has 3 N–H and O–H groups in total. The molecule has 0 unspecified atom stereocenters. The minimum Gasteiger partial charge on any atom is -0.423 e. The standard InChI is InChI=1S/C13H12N4O/c14-10-2-1-3-11-12(10)17-13(18-11)16-8-9-4-6-15-7-5-9/h1-7H,8,14H2,(H,16,17). The van der Waals surface area contributed by atoms with E-state index < -0.39 is 0 Å². The molecule has 0 saturated carbocycles. The van der Waals surface area contributed by atoms with E-state index in [1.807, 2.05) is 24.3 Å². The molecule has 0 aliphatic carbocycles. The lowest BCUT2D eigenvalue weighted by molar-refractivity contribution is 0.614. The van der Waals surface area contributed by atoms with Crippen LogP contribution in [0.5, 0.6) is 0 Å². The maximum absolute atomic E-state index is 5.82. The Morgan fingerprint density at radius 2 is 2.00 bits per heavy atom. The van der Waals surface area contributed by atoms with Crippen molar-refractivity contribution in [2.24, 2.45) is 0 Å². The molecule has 0 aliphatic rings. The summed E-state index contributed by atoms with van der Waals surface area (Å²) in [5, 5.41) is 3.12. The number of hydrogen-bond acceptors (Lipinski definition) is 5. The van der Waals surface area contributed by atoms with Gasteiger partial charge in [0.2, 0.25) is 0 Å². The number of rotatable bonds is 3. The van der Waals surface area contributed by atoms with E-state index in [9.17, 15) is 0 Å². The lowest BCUT2D eigenvalue weighted by Gasteiger charge is -2.00. The molecule has 0 atom stereocenters. The summed E-state index contributed by atoms with van der Waals surface area (Å²) in [6.45, 7) is 0.634. The second-order valence-electron chi connectivity index (χ2n) is 3.92. The van der Waals surface area contributed by atoms with E-state index >= 15 is 0 Å². The number of fused-ring (bicyclic) bond motifs is 1. The van der Waals surface area contributed by atoms with Gasteiger partial charge in [-0.1, -0.05) is 6.07 Å². The number of para-hydroxylation sites is 1. The van der Waals surface area contributed by atoms with Gasteiger partial charge in [-0.05, 0) is 29.8 Å². The second-order valence-corrected chi connectivity index (χ2v) is 3.92. The van der Waals surface area contributed by atoms with Crippen LogP contribution in [0.1, 0.15) is 5.56 Å². The third kappa shape index (κ3) is 1.98. The van der Waals surface area contributed by atoms with Gasteiger partial charge in [0.25, 0.3) is 6.01 Å². The minimum atomic E-state index is 0.472. The van der Waals surface area contributed by atoms with E-state index in [2.05, 4.69) is 15.3 Å². The fourth-order valence-corrected chi connectivity index (χ4v) is 1.72. The van der Waals surface area contributed by atoms with Crippen LogP contribution in [0.4, 0.5) is 11.7 Å². The van der Waals surface area contributed by atoms with E-state index in [1.54, 1.807) is 18.5 Å². The van der Waals surface area contributed by atoms with E-state index in [-0.39, 0.29) is 0 Å². The van der Waals surface area contributed by atoms with Gasteiger partial charge in [-0.15, -0.1) is 0 Å². The first-order valence-electron chi connectivity index (χ1n) is 5.61. The predicted molar refractivity (Wildman–Crippen MR) is 70.0 cm³/mol. The lowest BCUT2D eigenvalue weighted by Crippen LogP contribution is -1.99. The molecule has 0 spiro atoms. The van der Waals surface area contributed by atoms with E-state index in [0.29, 0.717) is 29.3 Å². The Kier molecular flexibility index (Phi) is 2.57. The van der Waals surface area contributed by atoms with Crippen LogP contribution in [0.3, 0.4) is 0 Å². The highest BCUT2D eigenvalue weighted by atomic mass is 16.4. The summed E-state index contributed by atoms with van der Waals surface area (Å²) in [6.07, 6.45) is 3.50. The van der Waals surface area contributed by atoms with Crippen molar-refractivity contribution >= 4 is 22.8 Å². The SMILES string of the molecule is Nc1cccc2oc(NCc3ccncc3)nc12. The normalized spacial score (nSPS) is 10.7. The first-order valence-corrected chi connectivity index (χ1v) is 5.61. The molecule has 0 aliphatic heterocycles. The zero-order valence-electron chi connectivity index (χ0n) is 9.63. The maximum atomic E-state index is 5.82. The summed E-state index contributed by atoms with van der Waals surface area (Å²) < 4.78 is 5.55. The Hall–Kier alpha value is -2.56. The minimum absolute atomic E-state index is 0.472. The first-order chi connectivity index (χ1) is 8.83. The van der Waals surface area contributed by atoms with Crippen molar-refractivity contribution in [2.75, 3.05) is 11.1 Å². The molecule has 1 aromatic carbocycles. The van der Waals surface area contributed by atoms with Gasteiger partial charge in [0.05, 0.1) is 5.69 Å². The Morgan fingerprint density at radius 3 is 2.78 bits per heavy atom. The molecule has 3 aromatic rings. The Morgan fingerprint density at radius 1 is 1.17 bits per heavy atom. The van der Waals surface area contributed by atoms with Crippen LogP contribution in [-0.4, -0.2) is 9.97 Å². The third-order valence-electron chi connectivity index (χ3n) is 2.64. The van der Waals surface area contributed by atoms with Gasteiger partial charge in [-0.3, -0.25) is 4.98 Å². The Balaban J connectivity index is 1.81. The van der Waals surface area contributed by atoms with E-state index in [1.165, 1.54) is 0 Å². The van der Waals surface area contributed by atoms with Crippen LogP contribution in [-0.2, 0) is 6.54 Å². The van der Waals surface area contributed by atoms with Crippen molar-refractivity contribution in [2.45, 2.75) is 6.54 Å². The number of oxazole rings is 1. The summed E-state index contributed by atoms with van der Waals surface area (Å²) in [4.78, 5) is 8.27. The van der Waals surface area contributed by atoms with E-state index in [0.717, 1.165) is 5.56 Å². The number of hydrogen-bond donors (Lipinski definition) is 2. The zero-order valence-corrected chi connectivity index (χ0v) is 9.63. The lowest BCUT2D eigenvalue weighted by atomic mass is 10.3. The highest BCUT2D eigenvalue weighted by Gasteiger charge is 2.07. The van der Waals surface area contributed by atoms with Crippen LogP contribution in [0, 0.1) is 0 Å². The molecule has 3 rings (SSSR count). The quantitative estimate of drug-likeness (QED) is 0.687. The van der Waals surface area contributed by atoms with Crippen molar-refractivity contribution in [1.29, 1.82) is 0 Å². The number of nitrogen functional groups attached to an aromatic ring is 1. The molecule has 2 heterocycles. The van der Waals surface area contributed by atoms with Gasteiger partial charge in [0, 0.05) is 18.9 Å². The summed E-state index contributed by atoms with van der Waals surface area (Å²) in [5.41, 5.74) is 8.93. The topological polar surface area (TPSA) is 77.0 Å². The van der Waals surface area contributed by atoms with Gasteiger partial charge >= 0.3 is 0 Å². The fourth-order valence-electron chi connectivity index (χ4n) is 1.72. The summed E-state index contributed by atoms with van der Waals surface area (Å²) in [5.74, 6) is 0. The molecule has 0 fully saturated rings. The number of benzene rings is 1. The Bertz CT molecular complexity index is 663. The number of aromatic nitrogens is 2. The third-order valence-corrected chi connectivity index (χ3v) is 2.64. The van der Waals surface area contributed by atoms with Crippen molar-refractivity contribution in [3.63, 3.8) is 0 Å². The molecular formula is C13H12N4O. The van der Waals surface area contributed by atoms with E-state index in [4.69, 9.17) is 10.2 Å². The largest absolute Gasteiger partial charge is 0.423 e. The Labute approximate surface area is 104 Å². The van der Waals surface area contributed by atoms with Gasteiger partial charge in [-0.2, -0.15) is 4.98 Å². The number of anilines is 2. The van der Waals surface area contributed by atoms with Crippen molar-refractivity contribution < 1.29 is 4.42 Å². The highest BCUT2D eigenvalue weighted by Crippen LogP contribution is 2.23. The molecule has 0 radical (unpaired) electrons. The molecular weight excluding hydrogens is 228 g/mol. The number of pyridine rings is 1. The molecule has 0 saturated heterocycles. The monoisotopic (exact) mass is 240 g/mol. The average Bonchev–Trinajstić information content (AvgIpc) is 2.82. The number of nitrogens with zero attached hydrogens (tertiary/aromatic N) is 2. The van der Waals surface area contributed by atoms with Crippen molar-refractivity contribution in [3.05, 3.63) is 48.3 Å². The smallest absolute Gasteiger partial charge is 0.296 e. The van der Waals surface area contributed by atoms with Crippen LogP contribution in [0.25, 0.3) is 11.1 Å².